The summed E-state index contributed by atoms with van der Waals surface area (Å²) in [5, 5.41) is 8.24. The second kappa shape index (κ2) is 1.83. The fourth-order valence-electron chi connectivity index (χ4n) is 0.433. The molecule has 1 aliphatic rings. The molecule has 1 heterocycles. The average molecular weight is 113 g/mol. The molecule has 0 aromatic heterocycles. The van der Waals surface area contributed by atoms with Gasteiger partial charge in [0.05, 0.1) is 0 Å². The van der Waals surface area contributed by atoms with E-state index in [2.05, 4.69) is 10.9 Å². The monoisotopic (exact) mass is 113 g/mol. The Labute approximate surface area is 46.2 Å². The van der Waals surface area contributed by atoms with Crippen molar-refractivity contribution in [3.05, 3.63) is 12.3 Å². The molecule has 4 nitrogen and oxygen atoms in total. The lowest BCUT2D eigenvalue weighted by molar-refractivity contribution is -0.138. The van der Waals surface area contributed by atoms with Gasteiger partial charge in [-0.1, -0.05) is 0 Å². The zero-order chi connectivity index (χ0) is 5.98. The van der Waals surface area contributed by atoms with E-state index in [-0.39, 0.29) is 0 Å². The normalized spacial score (nSPS) is 25.2. The van der Waals surface area contributed by atoms with Gasteiger partial charge in [0.15, 0.2) is 0 Å². The molecule has 0 aromatic carbocycles. The van der Waals surface area contributed by atoms with Crippen molar-refractivity contribution in [3.8, 4) is 0 Å². The molecule has 1 radical (unpaired) electrons. The van der Waals surface area contributed by atoms with Crippen LogP contribution in [-0.4, -0.2) is 17.1 Å². The van der Waals surface area contributed by atoms with Crippen LogP contribution in [0.3, 0.4) is 0 Å². The molecule has 1 aliphatic heterocycles. The molecule has 0 aliphatic carbocycles. The first kappa shape index (κ1) is 5.11. The van der Waals surface area contributed by atoms with Crippen LogP contribution in [0.25, 0.3) is 0 Å². The van der Waals surface area contributed by atoms with Gasteiger partial charge in [-0.2, -0.15) is 5.43 Å². The van der Waals surface area contributed by atoms with E-state index in [9.17, 15) is 4.79 Å². The maximum Gasteiger partial charge on any atom is 0.326 e. The molecular weight excluding hydrogens is 108 g/mol. The standard InChI is InChI=1S/C4H5N2O2/c7-4(8)3-1-2-5-6-3/h1-3,6H,(H,7,8). The van der Waals surface area contributed by atoms with Gasteiger partial charge in [0.1, 0.15) is 6.04 Å². The summed E-state index contributed by atoms with van der Waals surface area (Å²) in [5.74, 6) is -0.900. The highest BCUT2D eigenvalue weighted by Crippen LogP contribution is 1.90. The summed E-state index contributed by atoms with van der Waals surface area (Å²) in [6, 6.07) is -0.616. The number of carbonyl (C=O) groups is 1. The minimum Gasteiger partial charge on any atom is -0.480 e. The summed E-state index contributed by atoms with van der Waals surface area (Å²) in [4.78, 5) is 10.0. The largest absolute Gasteiger partial charge is 0.480 e. The minimum atomic E-state index is -0.900. The molecule has 2 N–H and O–H groups in total. The number of carboxylic acids is 1. The van der Waals surface area contributed by atoms with E-state index in [0.29, 0.717) is 0 Å². The Morgan fingerprint density at radius 3 is 2.88 bits per heavy atom. The summed E-state index contributed by atoms with van der Waals surface area (Å²) < 4.78 is 0. The van der Waals surface area contributed by atoms with Crippen LogP contribution in [0.2, 0.25) is 0 Å². The highest BCUT2D eigenvalue weighted by atomic mass is 16.4. The van der Waals surface area contributed by atoms with Crippen molar-refractivity contribution < 1.29 is 9.90 Å². The maximum atomic E-state index is 10.0. The zero-order valence-electron chi connectivity index (χ0n) is 4.03. The Morgan fingerprint density at radius 2 is 2.62 bits per heavy atom. The molecule has 0 fully saturated rings. The van der Waals surface area contributed by atoms with Gasteiger partial charge < -0.3 is 5.11 Å². The van der Waals surface area contributed by atoms with Crippen molar-refractivity contribution in [1.29, 1.82) is 0 Å². The molecule has 0 saturated carbocycles. The second-order valence-electron chi connectivity index (χ2n) is 1.42. The fourth-order valence-corrected chi connectivity index (χ4v) is 0.433. The molecule has 1 unspecified atom stereocenters. The number of hydrogen-bond acceptors (Lipinski definition) is 2. The van der Waals surface area contributed by atoms with E-state index in [1.54, 1.807) is 0 Å². The predicted octanol–water partition coefficient (Wildman–Crippen LogP) is -0.924. The third-order valence-electron chi connectivity index (χ3n) is 0.833. The van der Waals surface area contributed by atoms with Crippen molar-refractivity contribution >= 4 is 5.97 Å². The number of aliphatic carboxylic acids is 1. The first-order valence-electron chi connectivity index (χ1n) is 2.15. The Hall–Kier alpha value is -1.03. The molecular formula is C4H5N2O2. The van der Waals surface area contributed by atoms with Gasteiger partial charge >= 0.3 is 5.97 Å². The molecule has 1 rings (SSSR count). The summed E-state index contributed by atoms with van der Waals surface area (Å²) in [5.41, 5.74) is 5.84. The van der Waals surface area contributed by atoms with Crippen LogP contribution in [0.1, 0.15) is 0 Å². The molecule has 0 saturated heterocycles. The van der Waals surface area contributed by atoms with Crippen LogP contribution < -0.4 is 10.9 Å². The van der Waals surface area contributed by atoms with Crippen molar-refractivity contribution in [3.63, 3.8) is 0 Å². The predicted molar refractivity (Wildman–Crippen MR) is 25.8 cm³/mol. The number of nitrogens with zero attached hydrogens (tertiary/aromatic N) is 1. The third-order valence-corrected chi connectivity index (χ3v) is 0.833. The number of hydrogen-bond donors (Lipinski definition) is 2. The van der Waals surface area contributed by atoms with Gasteiger partial charge in [0, 0.05) is 6.20 Å². The van der Waals surface area contributed by atoms with E-state index in [1.165, 1.54) is 12.3 Å². The molecule has 0 aromatic rings. The topological polar surface area (TPSA) is 63.4 Å². The van der Waals surface area contributed by atoms with Crippen LogP contribution >= 0.6 is 0 Å². The number of carboxylic acid groups (broad SMARTS) is 1. The van der Waals surface area contributed by atoms with E-state index in [1.807, 2.05) is 0 Å². The summed E-state index contributed by atoms with van der Waals surface area (Å²) in [6.07, 6.45) is 2.90. The maximum absolute atomic E-state index is 10.0. The molecule has 43 valence electrons. The highest BCUT2D eigenvalue weighted by Gasteiger charge is 2.15. The van der Waals surface area contributed by atoms with E-state index < -0.39 is 12.0 Å². The first-order valence-corrected chi connectivity index (χ1v) is 2.15. The molecule has 4 heteroatoms. The van der Waals surface area contributed by atoms with Crippen LogP contribution in [-0.2, 0) is 4.79 Å². The Balaban J connectivity index is 2.48. The van der Waals surface area contributed by atoms with Crippen molar-refractivity contribution in [2.75, 3.05) is 0 Å². The number of rotatable bonds is 1. The van der Waals surface area contributed by atoms with Gasteiger partial charge in [-0.05, 0) is 6.08 Å². The minimum absolute atomic E-state index is 0.616. The Bertz CT molecular complexity index is 132. The lowest BCUT2D eigenvalue weighted by atomic mass is 10.3. The summed E-state index contributed by atoms with van der Waals surface area (Å²) in [7, 11) is 0. The molecule has 0 spiro atoms. The van der Waals surface area contributed by atoms with Crippen molar-refractivity contribution in [2.45, 2.75) is 6.04 Å². The third kappa shape index (κ3) is 0.788. The van der Waals surface area contributed by atoms with Gasteiger partial charge in [0.25, 0.3) is 0 Å². The highest BCUT2D eigenvalue weighted by molar-refractivity contribution is 5.76. The number of nitrogens with one attached hydrogen (secondary N) is 1. The van der Waals surface area contributed by atoms with Crippen molar-refractivity contribution in [2.24, 2.45) is 0 Å². The van der Waals surface area contributed by atoms with Crippen LogP contribution in [0.4, 0.5) is 0 Å². The van der Waals surface area contributed by atoms with Gasteiger partial charge in [-0.15, -0.1) is 0 Å². The SMILES string of the molecule is O=C(O)C1C=C[N]N1. The van der Waals surface area contributed by atoms with E-state index >= 15 is 0 Å². The zero-order valence-corrected chi connectivity index (χ0v) is 4.03. The average Bonchev–Trinajstić information content (AvgIpc) is 2.12. The quantitative estimate of drug-likeness (QED) is 0.462. The second-order valence-corrected chi connectivity index (χ2v) is 1.42. The Morgan fingerprint density at radius 1 is 1.88 bits per heavy atom. The van der Waals surface area contributed by atoms with Gasteiger partial charge in [-0.3, -0.25) is 4.79 Å². The van der Waals surface area contributed by atoms with Gasteiger partial charge in [0.2, 0.25) is 0 Å². The fraction of sp³-hybridized carbons (Fsp3) is 0.250. The molecule has 0 amide bonds. The van der Waals surface area contributed by atoms with E-state index in [4.69, 9.17) is 5.11 Å². The lowest BCUT2D eigenvalue weighted by Crippen LogP contribution is -2.32. The first-order chi connectivity index (χ1) is 3.80. The molecule has 1 atom stereocenters. The summed E-state index contributed by atoms with van der Waals surface area (Å²) >= 11 is 0. The van der Waals surface area contributed by atoms with Crippen LogP contribution in [0.15, 0.2) is 12.3 Å². The van der Waals surface area contributed by atoms with Crippen LogP contribution in [0.5, 0.6) is 0 Å². The van der Waals surface area contributed by atoms with Crippen molar-refractivity contribution in [1.82, 2.24) is 10.9 Å². The van der Waals surface area contributed by atoms with Crippen LogP contribution in [0, 0.1) is 0 Å². The van der Waals surface area contributed by atoms with Gasteiger partial charge in [-0.25, -0.2) is 5.43 Å². The molecule has 0 bridgehead atoms. The summed E-state index contributed by atoms with van der Waals surface area (Å²) in [6.45, 7) is 0. The van der Waals surface area contributed by atoms with E-state index in [0.717, 1.165) is 0 Å². The lowest BCUT2D eigenvalue weighted by Gasteiger charge is -1.97. The smallest absolute Gasteiger partial charge is 0.326 e. The molecule has 8 heavy (non-hydrogen) atoms. The Kier molecular flexibility index (Phi) is 1.17.